The van der Waals surface area contributed by atoms with Crippen LogP contribution >= 0.6 is 11.6 Å². The molecular formula is C29H33ClN2O2S. The minimum absolute atomic E-state index is 0.327. The molecule has 1 atom stereocenters. The highest BCUT2D eigenvalue weighted by atomic mass is 35.5. The second-order valence-electron chi connectivity index (χ2n) is 9.97. The molecule has 0 N–H and O–H groups in total. The van der Waals surface area contributed by atoms with Crippen LogP contribution in [0.25, 0.3) is 0 Å². The minimum Gasteiger partial charge on any atom is -0.296 e. The van der Waals surface area contributed by atoms with Crippen molar-refractivity contribution in [1.29, 1.82) is 0 Å². The summed E-state index contributed by atoms with van der Waals surface area (Å²) in [5, 5.41) is 0.588. The maximum atomic E-state index is 14.0. The molecule has 0 fully saturated rings. The Kier molecular flexibility index (Phi) is 6.69. The van der Waals surface area contributed by atoms with Crippen LogP contribution < -0.4 is 4.31 Å². The molecule has 3 aromatic rings. The van der Waals surface area contributed by atoms with Gasteiger partial charge in [-0.3, -0.25) is 9.21 Å². The van der Waals surface area contributed by atoms with Crippen LogP contribution in [-0.2, 0) is 22.9 Å². The molecule has 0 saturated heterocycles. The summed E-state index contributed by atoms with van der Waals surface area (Å²) in [6.45, 7) is 8.01. The first-order valence-electron chi connectivity index (χ1n) is 12.5. The first-order chi connectivity index (χ1) is 16.8. The standard InChI is InChI=1S/C29H33ClN2O2S/c1-20-7-4-10-25(17-20)32(35(33,34)28-19-21(2)26(30)18-22(28)3)15-6-14-31-16-13-24-9-5-8-23-11-12-27(31)29(23)24/h4-5,7-10,17-19,27H,6,11-16H2,1-3H3. The maximum Gasteiger partial charge on any atom is 0.264 e. The first-order valence-corrected chi connectivity index (χ1v) is 14.3. The van der Waals surface area contributed by atoms with Crippen LogP contribution in [0.15, 0.2) is 59.5 Å². The molecule has 5 rings (SSSR count). The largest absolute Gasteiger partial charge is 0.296 e. The highest BCUT2D eigenvalue weighted by Crippen LogP contribution is 2.41. The molecule has 0 bridgehead atoms. The second-order valence-corrected chi connectivity index (χ2v) is 12.2. The topological polar surface area (TPSA) is 40.6 Å². The van der Waals surface area contributed by atoms with Crippen LogP contribution in [0.1, 0.15) is 52.3 Å². The van der Waals surface area contributed by atoms with Crippen molar-refractivity contribution >= 4 is 27.3 Å². The van der Waals surface area contributed by atoms with Gasteiger partial charge in [-0.2, -0.15) is 0 Å². The Labute approximate surface area is 214 Å². The zero-order valence-electron chi connectivity index (χ0n) is 20.7. The highest BCUT2D eigenvalue weighted by Gasteiger charge is 2.33. The third-order valence-corrected chi connectivity index (χ3v) is 9.91. The van der Waals surface area contributed by atoms with Crippen LogP contribution in [0.4, 0.5) is 5.69 Å². The Morgan fingerprint density at radius 1 is 0.971 bits per heavy atom. The second kappa shape index (κ2) is 9.61. The van der Waals surface area contributed by atoms with E-state index < -0.39 is 10.0 Å². The fourth-order valence-corrected chi connectivity index (χ4v) is 7.77. The SMILES string of the molecule is Cc1cccc(N(CCCN2CCc3cccc4c3C2CC4)S(=O)(=O)c2cc(C)c(Cl)cc2C)c1. The van der Waals surface area contributed by atoms with Crippen molar-refractivity contribution in [2.45, 2.75) is 57.4 Å². The van der Waals surface area contributed by atoms with Gasteiger partial charge in [0.15, 0.2) is 0 Å². The van der Waals surface area contributed by atoms with E-state index in [2.05, 4.69) is 23.1 Å². The van der Waals surface area contributed by atoms with Gasteiger partial charge in [-0.25, -0.2) is 8.42 Å². The van der Waals surface area contributed by atoms with E-state index in [-0.39, 0.29) is 0 Å². The molecule has 1 aliphatic heterocycles. The number of rotatable bonds is 7. The van der Waals surface area contributed by atoms with Gasteiger partial charge >= 0.3 is 0 Å². The highest BCUT2D eigenvalue weighted by molar-refractivity contribution is 7.92. The molecule has 35 heavy (non-hydrogen) atoms. The molecule has 1 unspecified atom stereocenters. The molecule has 2 aliphatic rings. The molecule has 1 heterocycles. The van der Waals surface area contributed by atoms with Gasteiger partial charge in [0.2, 0.25) is 0 Å². The van der Waals surface area contributed by atoms with E-state index in [0.717, 1.165) is 49.9 Å². The monoisotopic (exact) mass is 508 g/mol. The lowest BCUT2D eigenvalue weighted by molar-refractivity contribution is 0.185. The Hall–Kier alpha value is -2.34. The van der Waals surface area contributed by atoms with Gasteiger partial charge in [0.05, 0.1) is 10.6 Å². The molecule has 0 aromatic heterocycles. The molecule has 3 aromatic carbocycles. The van der Waals surface area contributed by atoms with E-state index in [1.807, 2.05) is 45.0 Å². The Balaban J connectivity index is 1.40. The van der Waals surface area contributed by atoms with Crippen LogP contribution in [0.3, 0.4) is 0 Å². The molecule has 0 spiro atoms. The summed E-state index contributed by atoms with van der Waals surface area (Å²) in [4.78, 5) is 2.89. The molecule has 0 amide bonds. The molecule has 184 valence electrons. The van der Waals surface area contributed by atoms with E-state index in [1.165, 1.54) is 16.7 Å². The van der Waals surface area contributed by atoms with Gasteiger partial charge < -0.3 is 0 Å². The zero-order chi connectivity index (χ0) is 24.7. The fourth-order valence-electron chi connectivity index (χ4n) is 5.76. The van der Waals surface area contributed by atoms with E-state index >= 15 is 0 Å². The molecule has 6 heteroatoms. The number of anilines is 1. The van der Waals surface area contributed by atoms with Crippen molar-refractivity contribution in [3.63, 3.8) is 0 Å². The maximum absolute atomic E-state index is 14.0. The quantitative estimate of drug-likeness (QED) is 0.371. The third kappa shape index (κ3) is 4.62. The lowest BCUT2D eigenvalue weighted by Gasteiger charge is -2.35. The molecule has 0 radical (unpaired) electrons. The Bertz CT molecular complexity index is 1370. The van der Waals surface area contributed by atoms with Gasteiger partial charge in [0.25, 0.3) is 10.0 Å². The molecule has 1 aliphatic carbocycles. The number of aryl methyl sites for hydroxylation is 4. The minimum atomic E-state index is -3.75. The number of benzene rings is 3. The Morgan fingerprint density at radius 2 is 1.71 bits per heavy atom. The summed E-state index contributed by atoms with van der Waals surface area (Å²) in [7, 11) is -3.75. The van der Waals surface area contributed by atoms with Gasteiger partial charge in [0, 0.05) is 30.7 Å². The summed E-state index contributed by atoms with van der Waals surface area (Å²) in [5.41, 5.74) is 7.72. The predicted molar refractivity (Wildman–Crippen MR) is 144 cm³/mol. The number of hydrogen-bond donors (Lipinski definition) is 0. The summed E-state index contributed by atoms with van der Waals surface area (Å²) >= 11 is 6.28. The molecular weight excluding hydrogens is 476 g/mol. The fraction of sp³-hybridized carbons (Fsp3) is 0.379. The number of halogens is 1. The zero-order valence-corrected chi connectivity index (χ0v) is 22.3. The van der Waals surface area contributed by atoms with Crippen molar-refractivity contribution in [3.8, 4) is 0 Å². The summed E-state index contributed by atoms with van der Waals surface area (Å²) < 4.78 is 29.5. The van der Waals surface area contributed by atoms with Crippen LogP contribution in [-0.4, -0.2) is 33.0 Å². The van der Waals surface area contributed by atoms with Gasteiger partial charge in [-0.1, -0.05) is 41.9 Å². The first kappa shape index (κ1) is 24.4. The summed E-state index contributed by atoms with van der Waals surface area (Å²) in [6.07, 6.45) is 4.15. The van der Waals surface area contributed by atoms with Gasteiger partial charge in [-0.05, 0) is 104 Å². The summed E-state index contributed by atoms with van der Waals surface area (Å²) in [6, 6.07) is 18.4. The number of nitrogens with zero attached hydrogens (tertiary/aromatic N) is 2. The smallest absolute Gasteiger partial charge is 0.264 e. The molecule has 0 saturated carbocycles. The third-order valence-electron chi connectivity index (χ3n) is 7.54. The van der Waals surface area contributed by atoms with E-state index in [4.69, 9.17) is 11.6 Å². The number of sulfonamides is 1. The van der Waals surface area contributed by atoms with Crippen molar-refractivity contribution in [2.75, 3.05) is 23.9 Å². The van der Waals surface area contributed by atoms with E-state index in [0.29, 0.717) is 33.8 Å². The van der Waals surface area contributed by atoms with Crippen molar-refractivity contribution in [1.82, 2.24) is 4.90 Å². The lowest BCUT2D eigenvalue weighted by Crippen LogP contribution is -2.38. The average Bonchev–Trinajstić information content (AvgIpc) is 3.26. The van der Waals surface area contributed by atoms with Crippen molar-refractivity contribution < 1.29 is 8.42 Å². The van der Waals surface area contributed by atoms with Crippen molar-refractivity contribution in [2.24, 2.45) is 0 Å². The predicted octanol–water partition coefficient (Wildman–Crippen LogP) is 6.40. The normalized spacial score (nSPS) is 17.4. The van der Waals surface area contributed by atoms with Crippen LogP contribution in [0, 0.1) is 20.8 Å². The van der Waals surface area contributed by atoms with Crippen molar-refractivity contribution in [3.05, 3.63) is 93.0 Å². The van der Waals surface area contributed by atoms with Crippen LogP contribution in [0.5, 0.6) is 0 Å². The van der Waals surface area contributed by atoms with Gasteiger partial charge in [0.1, 0.15) is 0 Å². The Morgan fingerprint density at radius 3 is 2.49 bits per heavy atom. The number of hydrogen-bond acceptors (Lipinski definition) is 3. The van der Waals surface area contributed by atoms with E-state index in [9.17, 15) is 8.42 Å². The molecule has 4 nitrogen and oxygen atoms in total. The average molecular weight is 509 g/mol. The van der Waals surface area contributed by atoms with Gasteiger partial charge in [-0.15, -0.1) is 0 Å². The van der Waals surface area contributed by atoms with E-state index in [1.54, 1.807) is 16.4 Å². The van der Waals surface area contributed by atoms with Crippen LogP contribution in [0.2, 0.25) is 5.02 Å². The lowest BCUT2D eigenvalue weighted by atomic mass is 9.93. The summed E-state index contributed by atoms with van der Waals surface area (Å²) in [5.74, 6) is 0.